The standard InChI is InChI=1S/C42H26N4/c1-2-10-30(11-3-1)45-37-14-6-4-12-32(37)34-25-35-33-13-5-7-15-38(33)46(40(35)26-39(34)45)31-21-18-27(19-22-31)36-23-20-29-17-16-28-9-8-24-43-41(28)42(29)44-36/h1-26H. The van der Waals surface area contributed by atoms with Crippen molar-refractivity contribution in [3.8, 4) is 22.6 Å². The van der Waals surface area contributed by atoms with Crippen LogP contribution in [-0.2, 0) is 0 Å². The number of fused-ring (bicyclic) bond motifs is 9. The zero-order valence-corrected chi connectivity index (χ0v) is 24.8. The lowest BCUT2D eigenvalue weighted by molar-refractivity contribution is 1.16. The predicted molar refractivity (Wildman–Crippen MR) is 191 cm³/mol. The van der Waals surface area contributed by atoms with Gasteiger partial charge in [-0.15, -0.1) is 0 Å². The fourth-order valence-electron chi connectivity index (χ4n) is 7.23. The van der Waals surface area contributed by atoms with Crippen molar-refractivity contribution in [2.24, 2.45) is 0 Å². The third-order valence-electron chi connectivity index (χ3n) is 9.33. The molecule has 0 saturated carbocycles. The number of hydrogen-bond acceptors (Lipinski definition) is 2. The highest BCUT2D eigenvalue weighted by atomic mass is 15.0. The molecule has 0 saturated heterocycles. The van der Waals surface area contributed by atoms with E-state index in [1.54, 1.807) is 0 Å². The Labute approximate surface area is 264 Å². The Bertz CT molecular complexity index is 2790. The van der Waals surface area contributed by atoms with E-state index >= 15 is 0 Å². The molecule has 0 N–H and O–H groups in total. The first-order valence-electron chi connectivity index (χ1n) is 15.6. The Morgan fingerprint density at radius 2 is 0.978 bits per heavy atom. The molecule has 4 heteroatoms. The van der Waals surface area contributed by atoms with Crippen molar-refractivity contribution in [2.45, 2.75) is 0 Å². The van der Waals surface area contributed by atoms with Crippen molar-refractivity contribution in [1.82, 2.24) is 19.1 Å². The van der Waals surface area contributed by atoms with Crippen LogP contribution in [0.1, 0.15) is 0 Å². The first-order chi connectivity index (χ1) is 22.8. The topological polar surface area (TPSA) is 35.6 Å². The van der Waals surface area contributed by atoms with Crippen molar-refractivity contribution in [1.29, 1.82) is 0 Å². The maximum absolute atomic E-state index is 5.09. The molecular formula is C42H26N4. The number of benzene rings is 6. The van der Waals surface area contributed by atoms with Crippen LogP contribution in [0.15, 0.2) is 158 Å². The monoisotopic (exact) mass is 586 g/mol. The van der Waals surface area contributed by atoms with Gasteiger partial charge in [-0.25, -0.2) is 4.98 Å². The Kier molecular flexibility index (Phi) is 5.25. The Hall–Kier alpha value is -6.26. The zero-order chi connectivity index (χ0) is 30.2. The van der Waals surface area contributed by atoms with E-state index in [0.29, 0.717) is 0 Å². The van der Waals surface area contributed by atoms with Gasteiger partial charge in [-0.1, -0.05) is 91.0 Å². The summed E-state index contributed by atoms with van der Waals surface area (Å²) < 4.78 is 4.78. The summed E-state index contributed by atoms with van der Waals surface area (Å²) in [6, 6.07) is 54.2. The molecule has 4 nitrogen and oxygen atoms in total. The smallest absolute Gasteiger partial charge is 0.0972 e. The second kappa shape index (κ2) is 9.62. The maximum atomic E-state index is 5.09. The third kappa shape index (κ3) is 3.61. The molecular weight excluding hydrogens is 560 g/mol. The van der Waals surface area contributed by atoms with E-state index in [4.69, 9.17) is 4.98 Å². The minimum absolute atomic E-state index is 0.930. The summed E-state index contributed by atoms with van der Waals surface area (Å²) in [7, 11) is 0. The van der Waals surface area contributed by atoms with E-state index in [2.05, 4.69) is 160 Å². The number of aromatic nitrogens is 4. The van der Waals surface area contributed by atoms with Crippen molar-refractivity contribution < 1.29 is 0 Å². The van der Waals surface area contributed by atoms with E-state index in [1.807, 2.05) is 12.3 Å². The molecule has 0 radical (unpaired) electrons. The summed E-state index contributed by atoms with van der Waals surface area (Å²) in [6.07, 6.45) is 1.84. The summed E-state index contributed by atoms with van der Waals surface area (Å²) in [5.41, 5.74) is 10.9. The van der Waals surface area contributed by atoms with Crippen molar-refractivity contribution >= 4 is 65.4 Å². The molecule has 10 rings (SSSR count). The first-order valence-corrected chi connectivity index (χ1v) is 15.6. The highest BCUT2D eigenvalue weighted by Crippen LogP contribution is 2.39. The van der Waals surface area contributed by atoms with Gasteiger partial charge < -0.3 is 9.13 Å². The molecule has 46 heavy (non-hydrogen) atoms. The van der Waals surface area contributed by atoms with Crippen LogP contribution < -0.4 is 0 Å². The second-order valence-corrected chi connectivity index (χ2v) is 11.9. The average Bonchev–Trinajstić information content (AvgIpc) is 3.63. The number of para-hydroxylation sites is 3. The molecule has 0 amide bonds. The Morgan fingerprint density at radius 1 is 0.391 bits per heavy atom. The fourth-order valence-corrected chi connectivity index (χ4v) is 7.23. The van der Waals surface area contributed by atoms with Crippen LogP contribution in [0.3, 0.4) is 0 Å². The molecule has 6 aromatic carbocycles. The maximum Gasteiger partial charge on any atom is 0.0972 e. The number of hydrogen-bond donors (Lipinski definition) is 0. The van der Waals surface area contributed by atoms with E-state index in [1.165, 1.54) is 43.6 Å². The van der Waals surface area contributed by atoms with Gasteiger partial charge in [0.2, 0.25) is 0 Å². The molecule has 0 atom stereocenters. The Morgan fingerprint density at radius 3 is 1.67 bits per heavy atom. The van der Waals surface area contributed by atoms with Gasteiger partial charge in [-0.3, -0.25) is 4.98 Å². The summed E-state index contributed by atoms with van der Waals surface area (Å²) in [5.74, 6) is 0. The SMILES string of the molecule is c1ccc(-n2c3ccccc3c3cc4c5ccccc5n(-c5ccc(-c6ccc7ccc8cccnc8c7n6)cc5)c4cc32)cc1. The van der Waals surface area contributed by atoms with E-state index < -0.39 is 0 Å². The number of rotatable bonds is 3. The van der Waals surface area contributed by atoms with E-state index in [-0.39, 0.29) is 0 Å². The minimum atomic E-state index is 0.930. The largest absolute Gasteiger partial charge is 0.309 e. The van der Waals surface area contributed by atoms with Gasteiger partial charge in [0.15, 0.2) is 0 Å². The van der Waals surface area contributed by atoms with Gasteiger partial charge in [-0.2, -0.15) is 0 Å². The van der Waals surface area contributed by atoms with Crippen LogP contribution in [0, 0.1) is 0 Å². The van der Waals surface area contributed by atoms with Gasteiger partial charge in [0.25, 0.3) is 0 Å². The predicted octanol–water partition coefficient (Wildman–Crippen LogP) is 10.6. The third-order valence-corrected chi connectivity index (χ3v) is 9.33. The quantitative estimate of drug-likeness (QED) is 0.193. The molecule has 0 aliphatic heterocycles. The summed E-state index contributed by atoms with van der Waals surface area (Å²) in [6.45, 7) is 0. The summed E-state index contributed by atoms with van der Waals surface area (Å²) in [5, 5.41) is 7.21. The van der Waals surface area contributed by atoms with Gasteiger partial charge in [0.05, 0.1) is 38.8 Å². The second-order valence-electron chi connectivity index (χ2n) is 11.9. The molecule has 0 unspecified atom stereocenters. The number of nitrogens with zero attached hydrogens (tertiary/aromatic N) is 4. The molecule has 10 aromatic rings. The van der Waals surface area contributed by atoms with Crippen LogP contribution in [0.2, 0.25) is 0 Å². The van der Waals surface area contributed by atoms with Crippen LogP contribution in [0.5, 0.6) is 0 Å². The van der Waals surface area contributed by atoms with Crippen molar-refractivity contribution in [3.63, 3.8) is 0 Å². The first kappa shape index (κ1) is 25.1. The fraction of sp³-hybridized carbons (Fsp3) is 0. The highest BCUT2D eigenvalue weighted by Gasteiger charge is 2.18. The molecule has 0 aliphatic carbocycles. The van der Waals surface area contributed by atoms with Gasteiger partial charge >= 0.3 is 0 Å². The molecule has 4 aromatic heterocycles. The molecule has 0 fully saturated rings. The normalized spacial score (nSPS) is 11.9. The lowest BCUT2D eigenvalue weighted by atomic mass is 10.1. The molecule has 0 spiro atoms. The Balaban J connectivity index is 1.19. The minimum Gasteiger partial charge on any atom is -0.309 e. The molecule has 0 bridgehead atoms. The summed E-state index contributed by atoms with van der Waals surface area (Å²) in [4.78, 5) is 9.73. The summed E-state index contributed by atoms with van der Waals surface area (Å²) >= 11 is 0. The van der Waals surface area contributed by atoms with Crippen LogP contribution in [-0.4, -0.2) is 19.1 Å². The van der Waals surface area contributed by atoms with Gasteiger partial charge in [0.1, 0.15) is 0 Å². The van der Waals surface area contributed by atoms with Gasteiger partial charge in [0, 0.05) is 55.5 Å². The van der Waals surface area contributed by atoms with Crippen LogP contribution >= 0.6 is 0 Å². The van der Waals surface area contributed by atoms with Crippen LogP contribution in [0.4, 0.5) is 0 Å². The van der Waals surface area contributed by atoms with E-state index in [0.717, 1.165) is 44.4 Å². The van der Waals surface area contributed by atoms with Gasteiger partial charge in [-0.05, 0) is 60.7 Å². The zero-order valence-electron chi connectivity index (χ0n) is 24.8. The molecule has 0 aliphatic rings. The van der Waals surface area contributed by atoms with Crippen molar-refractivity contribution in [3.05, 3.63) is 158 Å². The molecule has 214 valence electrons. The van der Waals surface area contributed by atoms with E-state index in [9.17, 15) is 0 Å². The van der Waals surface area contributed by atoms with Crippen molar-refractivity contribution in [2.75, 3.05) is 0 Å². The lowest BCUT2D eigenvalue weighted by Gasteiger charge is -2.11. The van der Waals surface area contributed by atoms with Crippen LogP contribution in [0.25, 0.3) is 88.0 Å². The average molecular weight is 587 g/mol. The lowest BCUT2D eigenvalue weighted by Crippen LogP contribution is -1.96. The highest BCUT2D eigenvalue weighted by molar-refractivity contribution is 6.19. The number of pyridine rings is 2. The molecule has 4 heterocycles.